The predicted octanol–water partition coefficient (Wildman–Crippen LogP) is 1.91. The number of hydrogen-bond donors (Lipinski definition) is 1. The largest absolute Gasteiger partial charge is 0.389 e. The highest BCUT2D eigenvalue weighted by molar-refractivity contribution is 6.31. The van der Waals surface area contributed by atoms with Crippen molar-refractivity contribution in [3.8, 4) is 0 Å². The molecule has 1 aromatic heterocycles. The van der Waals surface area contributed by atoms with Gasteiger partial charge in [0.1, 0.15) is 0 Å². The van der Waals surface area contributed by atoms with E-state index in [4.69, 9.17) is 11.6 Å². The highest BCUT2D eigenvalue weighted by atomic mass is 35.5. The standard InChI is InChI=1S/C14H22ClN3O/c1-10-13(15)12(17(2)16-10)9-14(19)5-7-18-6-3-4-11(18)8-14/h11,19H,3-9H2,1-2H3. The van der Waals surface area contributed by atoms with Crippen molar-refractivity contribution in [2.45, 2.75) is 50.7 Å². The minimum absolute atomic E-state index is 0.562. The summed E-state index contributed by atoms with van der Waals surface area (Å²) in [7, 11) is 1.91. The Kier molecular flexibility index (Phi) is 3.36. The zero-order valence-corrected chi connectivity index (χ0v) is 12.4. The lowest BCUT2D eigenvalue weighted by molar-refractivity contribution is -0.0365. The molecule has 106 valence electrons. The van der Waals surface area contributed by atoms with E-state index < -0.39 is 5.60 Å². The first-order valence-corrected chi connectivity index (χ1v) is 7.51. The fourth-order valence-electron chi connectivity index (χ4n) is 3.66. The van der Waals surface area contributed by atoms with Gasteiger partial charge in [-0.15, -0.1) is 0 Å². The molecule has 2 aliphatic rings. The van der Waals surface area contributed by atoms with E-state index in [2.05, 4.69) is 10.00 Å². The molecule has 0 aromatic carbocycles. The maximum Gasteiger partial charge on any atom is 0.0848 e. The number of aryl methyl sites for hydroxylation is 2. The van der Waals surface area contributed by atoms with Crippen molar-refractivity contribution < 1.29 is 5.11 Å². The van der Waals surface area contributed by atoms with Gasteiger partial charge < -0.3 is 10.0 Å². The molecule has 0 bridgehead atoms. The minimum atomic E-state index is -0.616. The summed E-state index contributed by atoms with van der Waals surface area (Å²) in [4.78, 5) is 2.52. The highest BCUT2D eigenvalue weighted by Gasteiger charge is 2.41. The number of nitrogens with zero attached hydrogens (tertiary/aromatic N) is 3. The van der Waals surface area contributed by atoms with Gasteiger partial charge in [-0.2, -0.15) is 5.10 Å². The zero-order chi connectivity index (χ0) is 13.6. The van der Waals surface area contributed by atoms with Crippen molar-refractivity contribution in [3.05, 3.63) is 16.4 Å². The van der Waals surface area contributed by atoms with Crippen LogP contribution in [-0.4, -0.2) is 44.5 Å². The molecule has 0 spiro atoms. The second-order valence-corrected chi connectivity index (χ2v) is 6.53. The molecular weight excluding hydrogens is 262 g/mol. The van der Waals surface area contributed by atoms with Gasteiger partial charge >= 0.3 is 0 Å². The first-order valence-electron chi connectivity index (χ1n) is 7.13. The van der Waals surface area contributed by atoms with Gasteiger partial charge in [0, 0.05) is 26.1 Å². The summed E-state index contributed by atoms with van der Waals surface area (Å²) >= 11 is 6.30. The quantitative estimate of drug-likeness (QED) is 0.901. The Bertz CT molecular complexity index is 487. The van der Waals surface area contributed by atoms with E-state index in [0.717, 1.165) is 30.8 Å². The van der Waals surface area contributed by atoms with Crippen LogP contribution in [0.3, 0.4) is 0 Å². The van der Waals surface area contributed by atoms with Crippen LogP contribution in [0.25, 0.3) is 0 Å². The Labute approximate surface area is 119 Å². The molecule has 5 heteroatoms. The molecule has 3 rings (SSSR count). The van der Waals surface area contributed by atoms with Gasteiger partial charge in [-0.05, 0) is 39.2 Å². The Morgan fingerprint density at radius 2 is 2.26 bits per heavy atom. The van der Waals surface area contributed by atoms with Crippen LogP contribution in [0.4, 0.5) is 0 Å². The van der Waals surface area contributed by atoms with Crippen LogP contribution in [-0.2, 0) is 13.5 Å². The molecule has 0 radical (unpaired) electrons. The smallest absolute Gasteiger partial charge is 0.0848 e. The fourth-order valence-corrected chi connectivity index (χ4v) is 3.88. The number of halogens is 1. The maximum atomic E-state index is 10.9. The van der Waals surface area contributed by atoms with E-state index in [9.17, 15) is 5.11 Å². The molecule has 0 saturated carbocycles. The van der Waals surface area contributed by atoms with E-state index in [0.29, 0.717) is 17.5 Å². The average molecular weight is 284 g/mol. The zero-order valence-electron chi connectivity index (χ0n) is 11.7. The monoisotopic (exact) mass is 283 g/mol. The fraction of sp³-hybridized carbons (Fsp3) is 0.786. The van der Waals surface area contributed by atoms with Gasteiger partial charge in [-0.1, -0.05) is 11.6 Å². The number of rotatable bonds is 2. The van der Waals surface area contributed by atoms with Crippen LogP contribution >= 0.6 is 11.6 Å². The second-order valence-electron chi connectivity index (χ2n) is 6.16. The number of aliphatic hydroxyl groups is 1. The lowest BCUT2D eigenvalue weighted by Crippen LogP contribution is -2.49. The van der Waals surface area contributed by atoms with Gasteiger partial charge in [-0.3, -0.25) is 4.68 Å². The number of fused-ring (bicyclic) bond motifs is 1. The number of aromatic nitrogens is 2. The molecule has 4 nitrogen and oxygen atoms in total. The molecule has 19 heavy (non-hydrogen) atoms. The molecule has 0 amide bonds. The van der Waals surface area contributed by atoms with Gasteiger partial charge in [0.15, 0.2) is 0 Å². The summed E-state index contributed by atoms with van der Waals surface area (Å²) in [6.45, 7) is 4.12. The lowest BCUT2D eigenvalue weighted by atomic mass is 9.83. The third kappa shape index (κ3) is 2.41. The Balaban J connectivity index is 1.78. The Morgan fingerprint density at radius 1 is 1.47 bits per heavy atom. The summed E-state index contributed by atoms with van der Waals surface area (Å²) in [5.74, 6) is 0. The number of hydrogen-bond acceptors (Lipinski definition) is 3. The Morgan fingerprint density at radius 3 is 2.95 bits per heavy atom. The summed E-state index contributed by atoms with van der Waals surface area (Å²) < 4.78 is 1.82. The van der Waals surface area contributed by atoms with Crippen LogP contribution < -0.4 is 0 Å². The lowest BCUT2D eigenvalue weighted by Gasteiger charge is -2.41. The Hall–Kier alpha value is -0.580. The third-order valence-corrected chi connectivity index (χ3v) is 5.23. The molecule has 0 aliphatic carbocycles. The van der Waals surface area contributed by atoms with Crippen molar-refractivity contribution in [1.29, 1.82) is 0 Å². The maximum absolute atomic E-state index is 10.9. The summed E-state index contributed by atoms with van der Waals surface area (Å²) in [6, 6.07) is 0.562. The van der Waals surface area contributed by atoms with Crippen LogP contribution in [0.5, 0.6) is 0 Å². The molecule has 2 fully saturated rings. The van der Waals surface area contributed by atoms with Gasteiger partial charge in [0.25, 0.3) is 0 Å². The normalized spacial score (nSPS) is 31.7. The predicted molar refractivity (Wildman–Crippen MR) is 75.4 cm³/mol. The van der Waals surface area contributed by atoms with Crippen molar-refractivity contribution in [2.24, 2.45) is 7.05 Å². The molecular formula is C14H22ClN3O. The van der Waals surface area contributed by atoms with Crippen LogP contribution in [0.15, 0.2) is 0 Å². The van der Waals surface area contributed by atoms with E-state index in [1.807, 2.05) is 18.7 Å². The molecule has 2 aliphatic heterocycles. The van der Waals surface area contributed by atoms with Gasteiger partial charge in [-0.25, -0.2) is 0 Å². The molecule has 2 atom stereocenters. The highest BCUT2D eigenvalue weighted by Crippen LogP contribution is 2.36. The van der Waals surface area contributed by atoms with Gasteiger partial charge in [0.2, 0.25) is 0 Å². The third-order valence-electron chi connectivity index (χ3n) is 4.74. The molecule has 1 aromatic rings. The van der Waals surface area contributed by atoms with Crippen LogP contribution in [0.2, 0.25) is 5.02 Å². The first kappa shape index (κ1) is 13.4. The van der Waals surface area contributed by atoms with Crippen LogP contribution in [0.1, 0.15) is 37.1 Å². The molecule has 2 saturated heterocycles. The average Bonchev–Trinajstić information content (AvgIpc) is 2.89. The minimum Gasteiger partial charge on any atom is -0.389 e. The van der Waals surface area contributed by atoms with Crippen LogP contribution in [0, 0.1) is 6.92 Å². The van der Waals surface area contributed by atoms with Crippen molar-refractivity contribution in [2.75, 3.05) is 13.1 Å². The second kappa shape index (κ2) is 4.76. The van der Waals surface area contributed by atoms with E-state index in [1.165, 1.54) is 19.4 Å². The van der Waals surface area contributed by atoms with Gasteiger partial charge in [0.05, 0.1) is 22.0 Å². The summed E-state index contributed by atoms with van der Waals surface area (Å²) in [5.41, 5.74) is 1.20. The van der Waals surface area contributed by atoms with Crippen molar-refractivity contribution in [3.63, 3.8) is 0 Å². The van der Waals surface area contributed by atoms with Crippen molar-refractivity contribution in [1.82, 2.24) is 14.7 Å². The first-order chi connectivity index (χ1) is 8.98. The molecule has 2 unspecified atom stereocenters. The topological polar surface area (TPSA) is 41.3 Å². The van der Waals surface area contributed by atoms with E-state index in [1.54, 1.807) is 0 Å². The summed E-state index contributed by atoms with van der Waals surface area (Å²) in [6.07, 6.45) is 4.82. The summed E-state index contributed by atoms with van der Waals surface area (Å²) in [5, 5.41) is 16.0. The van der Waals surface area contributed by atoms with E-state index in [-0.39, 0.29) is 0 Å². The SMILES string of the molecule is Cc1nn(C)c(CC2(O)CCN3CCCC3C2)c1Cl. The molecule has 1 N–H and O–H groups in total. The number of piperidine rings is 1. The van der Waals surface area contributed by atoms with E-state index >= 15 is 0 Å². The van der Waals surface area contributed by atoms with Crippen molar-refractivity contribution >= 4 is 11.6 Å². The molecule has 3 heterocycles.